The molecule has 0 bridgehead atoms. The number of benzene rings is 8. The van der Waals surface area contributed by atoms with E-state index in [1.54, 1.807) is 0 Å². The average molecular weight is 677 g/mol. The van der Waals surface area contributed by atoms with E-state index >= 15 is 0 Å². The highest BCUT2D eigenvalue weighted by Gasteiger charge is 2.22. The Labute approximate surface area is 298 Å². The highest BCUT2D eigenvalue weighted by atomic mass is 32.1. The van der Waals surface area contributed by atoms with Gasteiger partial charge < -0.3 is 0 Å². The first-order chi connectivity index (χ1) is 24.0. The van der Waals surface area contributed by atoms with Crippen molar-refractivity contribution in [2.24, 2.45) is 0 Å². The number of fused-ring (bicyclic) bond motifs is 10. The summed E-state index contributed by atoms with van der Waals surface area (Å²) in [5.74, 6) is 0. The van der Waals surface area contributed by atoms with Crippen molar-refractivity contribution in [1.29, 1.82) is 0 Å². The van der Waals surface area contributed by atoms with Gasteiger partial charge in [0.15, 0.2) is 0 Å². The molecule has 0 atom stereocenters. The zero-order valence-electron chi connectivity index (χ0n) is 29.2. The lowest BCUT2D eigenvalue weighted by atomic mass is 9.81. The third-order valence-corrected chi connectivity index (χ3v) is 13.5. The van der Waals surface area contributed by atoms with Crippen molar-refractivity contribution in [3.63, 3.8) is 0 Å². The predicted octanol–water partition coefficient (Wildman–Crippen LogP) is 15.4. The fraction of sp³-hybridized carbons (Fsp3) is 0.167. The second kappa shape index (κ2) is 9.51. The minimum atomic E-state index is 0.0810. The SMILES string of the molecule is CC(C)(C)c1cc2ccc3cc4c5ccsc5c5sccc5c5cc6ccc7cc(C(C)(C)C)cc8ccc(c6c78)c5c4c4ccc(c1)c2c34. The molecule has 0 saturated carbocycles. The Bertz CT molecular complexity index is 3000. The van der Waals surface area contributed by atoms with Gasteiger partial charge in [0.1, 0.15) is 0 Å². The Hall–Kier alpha value is -4.76. The standard InChI is InChI=1S/C48H36S2/c1-47(2,3)31-19-25-7-9-29-23-37-33-15-17-49-45(33)46-34(16-18-50-46)38-24-30-10-8-26-20-32(48(4,5)6)22-28-12-14-36(42(30)40(26)28)44(38)43(37)35-13-11-27(21-31)39(25)41(29)35/h7-24H,1-6H3. The first-order valence-corrected chi connectivity index (χ1v) is 19.5. The molecule has 9 aromatic carbocycles. The van der Waals surface area contributed by atoms with E-state index in [4.69, 9.17) is 0 Å². The highest BCUT2D eigenvalue weighted by molar-refractivity contribution is 7.25. The van der Waals surface area contributed by atoms with Gasteiger partial charge in [0.2, 0.25) is 0 Å². The molecule has 0 fully saturated rings. The molecule has 0 aliphatic carbocycles. The average Bonchev–Trinajstić information content (AvgIpc) is 3.77. The number of rotatable bonds is 0. The zero-order valence-corrected chi connectivity index (χ0v) is 30.8. The molecule has 0 amide bonds. The van der Waals surface area contributed by atoms with Crippen LogP contribution in [0.5, 0.6) is 0 Å². The van der Waals surface area contributed by atoms with Crippen LogP contribution in [0.25, 0.3) is 106 Å². The summed E-state index contributed by atoms with van der Waals surface area (Å²) >= 11 is 3.75. The summed E-state index contributed by atoms with van der Waals surface area (Å²) in [5, 5.41) is 28.9. The van der Waals surface area contributed by atoms with Crippen molar-refractivity contribution < 1.29 is 0 Å². The normalized spacial score (nSPS) is 13.4. The van der Waals surface area contributed by atoms with Crippen molar-refractivity contribution in [2.45, 2.75) is 52.4 Å². The molecule has 0 radical (unpaired) electrons. The Morgan fingerprint density at radius 3 is 1.02 bits per heavy atom. The van der Waals surface area contributed by atoms with Crippen LogP contribution in [0.3, 0.4) is 0 Å². The van der Waals surface area contributed by atoms with E-state index in [-0.39, 0.29) is 10.8 Å². The Morgan fingerprint density at radius 2 is 0.660 bits per heavy atom. The van der Waals surface area contributed by atoms with Crippen LogP contribution in [0.15, 0.2) is 108 Å². The van der Waals surface area contributed by atoms with E-state index in [1.165, 1.54) is 117 Å². The quantitative estimate of drug-likeness (QED) is 0.140. The molecule has 50 heavy (non-hydrogen) atoms. The summed E-state index contributed by atoms with van der Waals surface area (Å²) in [5.41, 5.74) is 2.93. The van der Waals surface area contributed by atoms with Crippen LogP contribution < -0.4 is 0 Å². The highest BCUT2D eigenvalue weighted by Crippen LogP contribution is 2.49. The van der Waals surface area contributed by atoms with E-state index < -0.39 is 0 Å². The van der Waals surface area contributed by atoms with Crippen LogP contribution in [-0.4, -0.2) is 0 Å². The van der Waals surface area contributed by atoms with Crippen molar-refractivity contribution in [2.75, 3.05) is 0 Å². The van der Waals surface area contributed by atoms with E-state index in [0.29, 0.717) is 0 Å². The summed E-state index contributed by atoms with van der Waals surface area (Å²) in [4.78, 5) is 0. The van der Waals surface area contributed by atoms with Gasteiger partial charge in [-0.3, -0.25) is 0 Å². The topological polar surface area (TPSA) is 0 Å². The first-order valence-electron chi connectivity index (χ1n) is 17.7. The Balaban J connectivity index is 1.45. The molecule has 11 rings (SSSR count). The molecule has 0 aliphatic rings. The van der Waals surface area contributed by atoms with Gasteiger partial charge in [-0.15, -0.1) is 22.7 Å². The van der Waals surface area contributed by atoms with E-state index in [0.717, 1.165) is 0 Å². The second-order valence-corrected chi connectivity index (χ2v) is 18.4. The van der Waals surface area contributed by atoms with Crippen LogP contribution in [0.1, 0.15) is 52.7 Å². The summed E-state index contributed by atoms with van der Waals surface area (Å²) < 4.78 is 2.76. The minimum Gasteiger partial charge on any atom is -0.142 e. The molecule has 0 saturated heterocycles. The van der Waals surface area contributed by atoms with Gasteiger partial charge >= 0.3 is 0 Å². The third-order valence-electron chi connectivity index (χ3n) is 11.5. The molecular formula is C48H36S2. The van der Waals surface area contributed by atoms with Crippen LogP contribution in [0.2, 0.25) is 0 Å². The zero-order chi connectivity index (χ0) is 33.8. The predicted molar refractivity (Wildman–Crippen MR) is 226 cm³/mol. The van der Waals surface area contributed by atoms with Gasteiger partial charge in [-0.25, -0.2) is 0 Å². The molecule has 11 aromatic rings. The lowest BCUT2D eigenvalue weighted by molar-refractivity contribution is 0.591. The molecule has 0 spiro atoms. The van der Waals surface area contributed by atoms with Crippen molar-refractivity contribution in [1.82, 2.24) is 0 Å². The van der Waals surface area contributed by atoms with E-state index in [1.807, 2.05) is 22.7 Å². The van der Waals surface area contributed by atoms with Crippen LogP contribution >= 0.6 is 22.7 Å². The maximum Gasteiger partial charge on any atom is 0.0527 e. The minimum absolute atomic E-state index is 0.0810. The maximum atomic E-state index is 2.51. The summed E-state index contributed by atoms with van der Waals surface area (Å²) in [6, 6.07) is 38.6. The molecule has 0 unspecified atom stereocenters. The molecular weight excluding hydrogens is 641 g/mol. The summed E-state index contributed by atoms with van der Waals surface area (Å²) in [7, 11) is 0. The molecule has 0 N–H and O–H groups in total. The Morgan fingerprint density at radius 1 is 0.320 bits per heavy atom. The first kappa shape index (κ1) is 29.0. The Kier molecular flexibility index (Phi) is 5.52. The van der Waals surface area contributed by atoms with Gasteiger partial charge in [-0.05, 0) is 143 Å². The third kappa shape index (κ3) is 3.76. The van der Waals surface area contributed by atoms with Gasteiger partial charge in [0.05, 0.1) is 9.40 Å². The molecule has 2 heterocycles. The summed E-state index contributed by atoms with van der Waals surface area (Å²) in [6.45, 7) is 13.9. The summed E-state index contributed by atoms with van der Waals surface area (Å²) in [6.07, 6.45) is 0. The second-order valence-electron chi connectivity index (χ2n) is 16.6. The number of hydrogen-bond acceptors (Lipinski definition) is 2. The molecule has 0 nitrogen and oxygen atoms in total. The maximum absolute atomic E-state index is 2.51. The monoisotopic (exact) mass is 676 g/mol. The van der Waals surface area contributed by atoms with Gasteiger partial charge in [-0.2, -0.15) is 0 Å². The lowest BCUT2D eigenvalue weighted by Crippen LogP contribution is -2.10. The fourth-order valence-corrected chi connectivity index (χ4v) is 11.0. The molecule has 2 aromatic heterocycles. The van der Waals surface area contributed by atoms with Crippen molar-refractivity contribution in [3.8, 4) is 0 Å². The van der Waals surface area contributed by atoms with Gasteiger partial charge in [-0.1, -0.05) is 114 Å². The van der Waals surface area contributed by atoms with Crippen LogP contribution in [-0.2, 0) is 10.8 Å². The van der Waals surface area contributed by atoms with Gasteiger partial charge in [0, 0.05) is 10.8 Å². The number of hydrogen-bond donors (Lipinski definition) is 0. The van der Waals surface area contributed by atoms with Crippen molar-refractivity contribution in [3.05, 3.63) is 119 Å². The fourth-order valence-electron chi connectivity index (χ4n) is 9.01. The van der Waals surface area contributed by atoms with E-state index in [9.17, 15) is 0 Å². The largest absolute Gasteiger partial charge is 0.142 e. The molecule has 2 heteroatoms. The molecule has 240 valence electrons. The van der Waals surface area contributed by atoms with Gasteiger partial charge in [0.25, 0.3) is 0 Å². The number of thiophene rings is 2. The lowest BCUT2D eigenvalue weighted by Gasteiger charge is -2.23. The van der Waals surface area contributed by atoms with Crippen molar-refractivity contribution >= 4 is 129 Å². The smallest absolute Gasteiger partial charge is 0.0527 e. The van der Waals surface area contributed by atoms with Crippen LogP contribution in [0, 0.1) is 0 Å². The molecule has 0 aliphatic heterocycles. The van der Waals surface area contributed by atoms with Crippen LogP contribution in [0.4, 0.5) is 0 Å². The van der Waals surface area contributed by atoms with E-state index in [2.05, 4.69) is 149 Å².